The van der Waals surface area contributed by atoms with E-state index in [9.17, 15) is 0 Å². The average Bonchev–Trinajstić information content (AvgIpc) is 3.40. The average molecular weight is 560 g/mol. The minimum absolute atomic E-state index is 1.02. The molecule has 0 saturated carbocycles. The Hall–Kier alpha value is -5.53. The van der Waals surface area contributed by atoms with Crippen molar-refractivity contribution in [3.8, 4) is 55.8 Å². The van der Waals surface area contributed by atoms with Crippen LogP contribution in [0, 0.1) is 13.8 Å². The molecule has 0 saturated heterocycles. The molecule has 1 aromatic heterocycles. The molecule has 1 heterocycles. The van der Waals surface area contributed by atoms with Crippen LogP contribution in [0.15, 0.2) is 140 Å². The van der Waals surface area contributed by atoms with E-state index in [2.05, 4.69) is 153 Å². The van der Waals surface area contributed by atoms with Crippen LogP contribution in [-0.2, 0) is 0 Å². The first kappa shape index (κ1) is 25.0. The SMILES string of the molecule is Cc1ccc2nc(-c3ccc4c5c(cccc35)-c3c-4c(-c4ccccc4)c4ccccc4c3-c3ccccc3)cc(C)c2c1. The van der Waals surface area contributed by atoms with E-state index in [-0.39, 0.29) is 0 Å². The Morgan fingerprint density at radius 3 is 1.64 bits per heavy atom. The number of pyridine rings is 1. The van der Waals surface area contributed by atoms with Gasteiger partial charge in [0, 0.05) is 10.9 Å². The lowest BCUT2D eigenvalue weighted by Crippen LogP contribution is -1.93. The lowest BCUT2D eigenvalue weighted by molar-refractivity contribution is 1.35. The minimum atomic E-state index is 1.02. The molecule has 0 bridgehead atoms. The van der Waals surface area contributed by atoms with Gasteiger partial charge in [-0.2, -0.15) is 0 Å². The highest BCUT2D eigenvalue weighted by molar-refractivity contribution is 6.28. The molecule has 0 N–H and O–H groups in total. The number of benzene rings is 7. The fraction of sp³-hybridized carbons (Fsp3) is 0.0465. The second-order valence-corrected chi connectivity index (χ2v) is 12.0. The normalized spacial score (nSPS) is 11.9. The van der Waals surface area contributed by atoms with Crippen LogP contribution in [0.5, 0.6) is 0 Å². The molecule has 44 heavy (non-hydrogen) atoms. The van der Waals surface area contributed by atoms with Gasteiger partial charge in [-0.3, -0.25) is 0 Å². The van der Waals surface area contributed by atoms with Crippen molar-refractivity contribution in [2.75, 3.05) is 0 Å². The first-order chi connectivity index (χ1) is 21.7. The van der Waals surface area contributed by atoms with Crippen LogP contribution in [0.25, 0.3) is 88.2 Å². The predicted octanol–water partition coefficient (Wildman–Crippen LogP) is 11.8. The molecule has 9 rings (SSSR count). The first-order valence-electron chi connectivity index (χ1n) is 15.3. The van der Waals surface area contributed by atoms with Gasteiger partial charge in [0.1, 0.15) is 0 Å². The van der Waals surface area contributed by atoms with Gasteiger partial charge in [0.15, 0.2) is 0 Å². The van der Waals surface area contributed by atoms with Crippen LogP contribution in [0.2, 0.25) is 0 Å². The third-order valence-electron chi connectivity index (χ3n) is 9.37. The second-order valence-electron chi connectivity index (χ2n) is 12.0. The molecular formula is C43H29N. The molecule has 0 amide bonds. The molecule has 0 unspecified atom stereocenters. The molecule has 1 aliphatic rings. The highest BCUT2D eigenvalue weighted by atomic mass is 14.7. The number of hydrogen-bond donors (Lipinski definition) is 0. The zero-order valence-corrected chi connectivity index (χ0v) is 24.7. The van der Waals surface area contributed by atoms with E-state index in [1.807, 2.05) is 0 Å². The molecule has 0 spiro atoms. The molecular weight excluding hydrogens is 530 g/mol. The Labute approximate surface area is 257 Å². The van der Waals surface area contributed by atoms with Crippen LogP contribution in [0.4, 0.5) is 0 Å². The van der Waals surface area contributed by atoms with E-state index >= 15 is 0 Å². The minimum Gasteiger partial charge on any atom is -0.248 e. The summed E-state index contributed by atoms with van der Waals surface area (Å²) >= 11 is 0. The van der Waals surface area contributed by atoms with Gasteiger partial charge >= 0.3 is 0 Å². The van der Waals surface area contributed by atoms with Gasteiger partial charge in [0.05, 0.1) is 11.2 Å². The summed E-state index contributed by atoms with van der Waals surface area (Å²) in [6.07, 6.45) is 0. The number of aromatic nitrogens is 1. The van der Waals surface area contributed by atoms with Gasteiger partial charge in [0.25, 0.3) is 0 Å². The van der Waals surface area contributed by atoms with E-state index in [1.54, 1.807) is 0 Å². The second kappa shape index (κ2) is 9.49. The van der Waals surface area contributed by atoms with E-state index in [1.165, 1.54) is 88.1 Å². The van der Waals surface area contributed by atoms with Gasteiger partial charge in [-0.1, -0.05) is 127 Å². The predicted molar refractivity (Wildman–Crippen MR) is 187 cm³/mol. The standard InChI is InChI=1S/C43H29N/c1-26-20-23-37-36(24-26)27(2)25-38(44-37)30-21-22-35-41-31(30)18-11-19-34(41)42-39(28-12-5-3-6-13-28)32-16-9-10-17-33(32)40(43(35)42)29-14-7-4-8-15-29/h3-25H,1-2H3. The monoisotopic (exact) mass is 559 g/mol. The number of nitrogens with zero attached hydrogens (tertiary/aromatic N) is 1. The van der Waals surface area contributed by atoms with Gasteiger partial charge in [0.2, 0.25) is 0 Å². The summed E-state index contributed by atoms with van der Waals surface area (Å²) in [5.74, 6) is 0. The Bertz CT molecular complexity index is 2340. The van der Waals surface area contributed by atoms with Gasteiger partial charge in [-0.05, 0) is 104 Å². The van der Waals surface area contributed by atoms with Crippen LogP contribution >= 0.6 is 0 Å². The summed E-state index contributed by atoms with van der Waals surface area (Å²) in [6.45, 7) is 4.34. The van der Waals surface area contributed by atoms with Crippen molar-refractivity contribution >= 4 is 32.4 Å². The topological polar surface area (TPSA) is 12.9 Å². The maximum Gasteiger partial charge on any atom is 0.0718 e. The fourth-order valence-corrected chi connectivity index (χ4v) is 7.48. The summed E-state index contributed by atoms with van der Waals surface area (Å²) in [6, 6.07) is 51.0. The Morgan fingerprint density at radius 1 is 0.409 bits per heavy atom. The van der Waals surface area contributed by atoms with Gasteiger partial charge in [-0.25, -0.2) is 4.98 Å². The van der Waals surface area contributed by atoms with Crippen molar-refractivity contribution in [3.63, 3.8) is 0 Å². The largest absolute Gasteiger partial charge is 0.248 e. The molecule has 8 aromatic rings. The van der Waals surface area contributed by atoms with Crippen molar-refractivity contribution < 1.29 is 0 Å². The third kappa shape index (κ3) is 3.56. The summed E-state index contributed by atoms with van der Waals surface area (Å²) in [5.41, 5.74) is 16.1. The molecule has 1 aliphatic carbocycles. The molecule has 0 fully saturated rings. The Morgan fingerprint density at radius 2 is 0.977 bits per heavy atom. The first-order valence-corrected chi connectivity index (χ1v) is 15.3. The number of hydrogen-bond acceptors (Lipinski definition) is 1. The molecule has 1 nitrogen and oxygen atoms in total. The van der Waals surface area contributed by atoms with Crippen LogP contribution in [0.3, 0.4) is 0 Å². The van der Waals surface area contributed by atoms with Crippen molar-refractivity contribution in [3.05, 3.63) is 151 Å². The van der Waals surface area contributed by atoms with E-state index in [0.29, 0.717) is 0 Å². The van der Waals surface area contributed by atoms with Crippen molar-refractivity contribution in [1.82, 2.24) is 4.98 Å². The number of aryl methyl sites for hydroxylation is 2. The van der Waals surface area contributed by atoms with E-state index < -0.39 is 0 Å². The zero-order chi connectivity index (χ0) is 29.4. The Kier molecular flexibility index (Phi) is 5.39. The maximum absolute atomic E-state index is 5.20. The highest BCUT2D eigenvalue weighted by Gasteiger charge is 2.31. The fourth-order valence-electron chi connectivity index (χ4n) is 7.48. The Balaban J connectivity index is 1.42. The lowest BCUT2D eigenvalue weighted by Gasteiger charge is -2.20. The third-order valence-corrected chi connectivity index (χ3v) is 9.37. The molecule has 0 aliphatic heterocycles. The van der Waals surface area contributed by atoms with Crippen LogP contribution < -0.4 is 0 Å². The van der Waals surface area contributed by atoms with Crippen LogP contribution in [-0.4, -0.2) is 4.98 Å². The zero-order valence-electron chi connectivity index (χ0n) is 24.7. The molecule has 1 heteroatoms. The molecule has 0 radical (unpaired) electrons. The lowest BCUT2D eigenvalue weighted by atomic mass is 9.82. The van der Waals surface area contributed by atoms with Crippen molar-refractivity contribution in [2.24, 2.45) is 0 Å². The van der Waals surface area contributed by atoms with E-state index in [4.69, 9.17) is 4.98 Å². The maximum atomic E-state index is 5.20. The smallest absolute Gasteiger partial charge is 0.0718 e. The van der Waals surface area contributed by atoms with Crippen molar-refractivity contribution in [1.29, 1.82) is 0 Å². The quantitative estimate of drug-likeness (QED) is 0.210. The summed E-state index contributed by atoms with van der Waals surface area (Å²) in [4.78, 5) is 5.20. The van der Waals surface area contributed by atoms with Crippen LogP contribution in [0.1, 0.15) is 11.1 Å². The highest BCUT2D eigenvalue weighted by Crippen LogP contribution is 2.58. The van der Waals surface area contributed by atoms with Crippen molar-refractivity contribution in [2.45, 2.75) is 13.8 Å². The number of rotatable bonds is 3. The molecule has 206 valence electrons. The van der Waals surface area contributed by atoms with Gasteiger partial charge < -0.3 is 0 Å². The molecule has 0 atom stereocenters. The van der Waals surface area contributed by atoms with Gasteiger partial charge in [-0.15, -0.1) is 0 Å². The van der Waals surface area contributed by atoms with E-state index in [0.717, 1.165) is 11.2 Å². The number of fused-ring (bicyclic) bond motifs is 5. The summed E-state index contributed by atoms with van der Waals surface area (Å²) < 4.78 is 0. The summed E-state index contributed by atoms with van der Waals surface area (Å²) in [5, 5.41) is 6.34. The molecule has 7 aromatic carbocycles. The summed E-state index contributed by atoms with van der Waals surface area (Å²) in [7, 11) is 0.